The molecule has 0 saturated carbocycles. The van der Waals surface area contributed by atoms with Gasteiger partial charge in [-0.05, 0) is 104 Å². The van der Waals surface area contributed by atoms with Crippen LogP contribution in [0.2, 0.25) is 0 Å². The molecule has 2 aromatic carbocycles. The highest BCUT2D eigenvalue weighted by Gasteiger charge is 2.30. The molecular weight excluding hydrogens is 1020 g/mol. The molecule has 1 aromatic heterocycles. The number of nitrogens with one attached hydrogen (secondary N) is 5. The number of amidine groups is 1. The van der Waals surface area contributed by atoms with E-state index in [4.69, 9.17) is 20.9 Å². The zero-order valence-corrected chi connectivity index (χ0v) is 45.5. The van der Waals surface area contributed by atoms with Crippen molar-refractivity contribution in [3.63, 3.8) is 0 Å². The lowest BCUT2D eigenvalue weighted by Crippen LogP contribution is -2.54. The summed E-state index contributed by atoms with van der Waals surface area (Å²) in [5, 5.41) is 13.6. The van der Waals surface area contributed by atoms with Gasteiger partial charge in [0.1, 0.15) is 36.1 Å². The molecule has 2 atom stereocenters. The van der Waals surface area contributed by atoms with Gasteiger partial charge >= 0.3 is 12.1 Å². The second kappa shape index (κ2) is 28.7. The fourth-order valence-corrected chi connectivity index (χ4v) is 9.17. The molecule has 0 saturated heterocycles. The average Bonchev–Trinajstić information content (AvgIpc) is 3.66. The Morgan fingerprint density at radius 3 is 2.25 bits per heavy atom. The summed E-state index contributed by atoms with van der Waals surface area (Å²) < 4.78 is 11.3. The summed E-state index contributed by atoms with van der Waals surface area (Å²) in [7, 11) is 1.45. The number of nitrogens with zero attached hydrogens (tertiary/aromatic N) is 5. The first kappa shape index (κ1) is 59.6. The van der Waals surface area contributed by atoms with Gasteiger partial charge in [-0.3, -0.25) is 38.5 Å². The molecule has 9 N–H and O–H groups in total. The number of ether oxygens (including phenoxy) is 2. The standard InChI is InChI=1S/C56H72N12O11/c1-6-22-66(23-7-2)54(75)38-26-37-27-44(78-5)41(30-43(37)62-45(57)28-38)51(72)64-46-29-39-32-67(25-20-36(39)31-60-46)56(77)79-33-35-14-16-40(17-15-35)61-52(73)42(12-11-21-59-55(58)76)63-53(74)50(34(3)4)65-47(69)13-9-8-10-24-68-48(70)18-19-49(68)71/h14-19,26-27,29-31,34,42,50H,6-13,20-25,28,32-33H2,1-5H3,(H2,57,62)(H,61,73)(H,63,74)(H,65,69)(H3,58,59,76)(H,60,64,72)/t42?,50-/m0/s1. The minimum absolute atomic E-state index is 0.0812. The number of urea groups is 1. The van der Waals surface area contributed by atoms with E-state index in [2.05, 4.69) is 36.6 Å². The van der Waals surface area contributed by atoms with E-state index < -0.39 is 41.9 Å². The van der Waals surface area contributed by atoms with Crippen LogP contribution in [0.5, 0.6) is 5.75 Å². The first-order valence-electron chi connectivity index (χ1n) is 26.7. The number of hydrogen-bond acceptors (Lipinski definition) is 14. The fraction of sp³-hybridized carbons (Fsp3) is 0.446. The highest BCUT2D eigenvalue weighted by molar-refractivity contribution is 6.13. The molecular formula is C56H72N12O11. The van der Waals surface area contributed by atoms with Crippen LogP contribution in [-0.4, -0.2) is 131 Å². The van der Waals surface area contributed by atoms with E-state index in [1.54, 1.807) is 73.5 Å². The average molecular weight is 1090 g/mol. The Labute approximate surface area is 459 Å². The van der Waals surface area contributed by atoms with Crippen LogP contribution in [0, 0.1) is 5.92 Å². The molecule has 3 aromatic rings. The van der Waals surface area contributed by atoms with Crippen LogP contribution >= 0.6 is 0 Å². The lowest BCUT2D eigenvalue weighted by atomic mass is 10.0. The largest absolute Gasteiger partial charge is 0.496 e. The number of methoxy groups -OCH3 is 1. The molecule has 1 unspecified atom stereocenters. The number of carbonyl (C=O) groups excluding carboxylic acids is 9. The predicted molar refractivity (Wildman–Crippen MR) is 295 cm³/mol. The van der Waals surface area contributed by atoms with Crippen molar-refractivity contribution in [3.05, 3.63) is 94.2 Å². The number of hydrogen-bond donors (Lipinski definition) is 7. The Hall–Kier alpha value is -8.63. The zero-order chi connectivity index (χ0) is 57.2. The van der Waals surface area contributed by atoms with Gasteiger partial charge in [-0.1, -0.05) is 46.2 Å². The van der Waals surface area contributed by atoms with E-state index in [1.807, 2.05) is 18.7 Å². The van der Waals surface area contributed by atoms with Gasteiger partial charge in [0.05, 0.1) is 18.4 Å². The number of carbonyl (C=O) groups is 9. The predicted octanol–water partition coefficient (Wildman–Crippen LogP) is 4.96. The van der Waals surface area contributed by atoms with Gasteiger partial charge in [-0.2, -0.15) is 0 Å². The monoisotopic (exact) mass is 1090 g/mol. The first-order chi connectivity index (χ1) is 37.9. The van der Waals surface area contributed by atoms with E-state index in [0.29, 0.717) is 73.4 Å². The summed E-state index contributed by atoms with van der Waals surface area (Å²) in [4.78, 5) is 129. The third-order valence-electron chi connectivity index (χ3n) is 13.3. The molecule has 3 aliphatic heterocycles. The molecule has 0 bridgehead atoms. The van der Waals surface area contributed by atoms with Crippen molar-refractivity contribution < 1.29 is 52.6 Å². The second-order valence-electron chi connectivity index (χ2n) is 19.8. The molecule has 10 amide bonds. The normalized spacial score (nSPS) is 14.4. The molecule has 0 radical (unpaired) electrons. The first-order valence-corrected chi connectivity index (χ1v) is 26.7. The Morgan fingerprint density at radius 2 is 1.58 bits per heavy atom. The molecule has 3 aliphatic rings. The van der Waals surface area contributed by atoms with Gasteiger partial charge in [-0.25, -0.2) is 19.6 Å². The molecule has 0 fully saturated rings. The van der Waals surface area contributed by atoms with E-state index in [1.165, 1.54) is 19.3 Å². The number of benzene rings is 2. The Kier molecular flexibility index (Phi) is 21.6. The highest BCUT2D eigenvalue weighted by atomic mass is 16.6. The molecule has 0 aliphatic carbocycles. The summed E-state index contributed by atoms with van der Waals surface area (Å²) in [6, 6.07) is 8.76. The van der Waals surface area contributed by atoms with Gasteiger partial charge < -0.3 is 57.3 Å². The molecule has 0 spiro atoms. The van der Waals surface area contributed by atoms with Crippen LogP contribution in [0.25, 0.3) is 6.08 Å². The highest BCUT2D eigenvalue weighted by Crippen LogP contribution is 2.34. The number of primary amides is 1. The fourth-order valence-electron chi connectivity index (χ4n) is 9.17. The van der Waals surface area contributed by atoms with E-state index in [9.17, 15) is 43.2 Å². The summed E-state index contributed by atoms with van der Waals surface area (Å²) in [5.41, 5.74) is 15.9. The third-order valence-corrected chi connectivity index (χ3v) is 13.3. The van der Waals surface area contributed by atoms with Crippen molar-refractivity contribution >= 4 is 82.6 Å². The number of aromatic nitrogens is 1. The Balaban J connectivity index is 1.01. The van der Waals surface area contributed by atoms with Crippen LogP contribution in [0.3, 0.4) is 0 Å². The zero-order valence-electron chi connectivity index (χ0n) is 45.5. The topological polar surface area (TPSA) is 319 Å². The van der Waals surface area contributed by atoms with Crippen molar-refractivity contribution in [2.24, 2.45) is 22.4 Å². The van der Waals surface area contributed by atoms with Crippen molar-refractivity contribution in [3.8, 4) is 5.75 Å². The third kappa shape index (κ3) is 16.9. The summed E-state index contributed by atoms with van der Waals surface area (Å²) in [6.07, 6.45) is 9.63. The van der Waals surface area contributed by atoms with Crippen LogP contribution in [0.1, 0.15) is 118 Å². The number of rotatable bonds is 26. The number of pyridine rings is 1. The van der Waals surface area contributed by atoms with Gasteiger partial charge in [0.2, 0.25) is 23.6 Å². The maximum absolute atomic E-state index is 13.8. The molecule has 4 heterocycles. The molecule has 422 valence electrons. The minimum atomic E-state index is -1.07. The SMILES string of the molecule is CCCN(CCC)C(=O)C1=Cc2cc(OC)c(C(=O)Nc3cc4c(cn3)CCN(C(=O)OCc3ccc(NC(=O)C(CCCNC(N)=O)NC(=O)[C@@H](NC(=O)CCCCCN5C(=O)C=CC5=O)C(C)C)cc3)C4)cc2N=C(N)C1. The van der Waals surface area contributed by atoms with E-state index in [-0.39, 0.29) is 104 Å². The molecule has 79 heavy (non-hydrogen) atoms. The van der Waals surface area contributed by atoms with Crippen molar-refractivity contribution in [2.45, 2.75) is 117 Å². The van der Waals surface area contributed by atoms with Crippen molar-refractivity contribution in [1.29, 1.82) is 0 Å². The van der Waals surface area contributed by atoms with Crippen LogP contribution in [0.15, 0.2) is 71.4 Å². The number of nitrogens with two attached hydrogens (primary N) is 2. The number of unbranched alkanes of at least 4 members (excludes halogenated alkanes) is 2. The number of imide groups is 1. The summed E-state index contributed by atoms with van der Waals surface area (Å²) in [5.74, 6) is -2.46. The van der Waals surface area contributed by atoms with Gasteiger partial charge in [0.25, 0.3) is 17.7 Å². The smallest absolute Gasteiger partial charge is 0.410 e. The second-order valence-corrected chi connectivity index (χ2v) is 19.8. The van der Waals surface area contributed by atoms with Gasteiger partial charge in [0, 0.05) is 87.3 Å². The lowest BCUT2D eigenvalue weighted by molar-refractivity contribution is -0.137. The van der Waals surface area contributed by atoms with Crippen LogP contribution < -0.4 is 42.8 Å². The summed E-state index contributed by atoms with van der Waals surface area (Å²) in [6.45, 7) is 9.65. The Bertz CT molecular complexity index is 2840. The molecule has 23 heteroatoms. The molecule has 6 rings (SSSR count). The van der Waals surface area contributed by atoms with Gasteiger partial charge in [-0.15, -0.1) is 0 Å². The van der Waals surface area contributed by atoms with Crippen molar-refractivity contribution in [2.75, 3.05) is 50.5 Å². The minimum Gasteiger partial charge on any atom is -0.496 e. The maximum atomic E-state index is 13.8. The van der Waals surface area contributed by atoms with Gasteiger partial charge in [0.15, 0.2) is 0 Å². The summed E-state index contributed by atoms with van der Waals surface area (Å²) >= 11 is 0. The number of fused-ring (bicyclic) bond motifs is 2. The number of amides is 10. The van der Waals surface area contributed by atoms with Crippen molar-refractivity contribution in [1.82, 2.24) is 35.6 Å². The number of aliphatic imine (C=N–C) groups is 1. The maximum Gasteiger partial charge on any atom is 0.410 e. The van der Waals surface area contributed by atoms with Crippen LogP contribution in [0.4, 0.5) is 26.8 Å². The number of anilines is 2. The molecule has 23 nitrogen and oxygen atoms in total. The quantitative estimate of drug-likeness (QED) is 0.0414. The Morgan fingerprint density at radius 1 is 0.861 bits per heavy atom. The lowest BCUT2D eigenvalue weighted by Gasteiger charge is -2.28. The van der Waals surface area contributed by atoms with E-state index in [0.717, 1.165) is 28.9 Å². The van der Waals surface area contributed by atoms with Crippen LogP contribution in [-0.2, 0) is 53.1 Å². The van der Waals surface area contributed by atoms with E-state index >= 15 is 0 Å².